The molecule has 2 aromatic rings. The number of rotatable bonds is 11. The maximum atomic E-state index is 13.6. The molecule has 1 aromatic carbocycles. The first-order chi connectivity index (χ1) is 18.6. The third-order valence-electron chi connectivity index (χ3n) is 6.85. The second-order valence-electron chi connectivity index (χ2n) is 9.66. The molecule has 2 aliphatic heterocycles. The number of aryl methyl sites for hydroxylation is 1. The highest BCUT2D eigenvalue weighted by atomic mass is 35.5. The number of nitrogens with one attached hydrogen (secondary N) is 1. The van der Waals surface area contributed by atoms with Gasteiger partial charge in [0.25, 0.3) is 0 Å². The van der Waals surface area contributed by atoms with E-state index in [9.17, 15) is 22.8 Å². The molecule has 212 valence electrons. The van der Waals surface area contributed by atoms with Gasteiger partial charge in [0.2, 0.25) is 27.7 Å². The van der Waals surface area contributed by atoms with Crippen LogP contribution in [0.5, 0.6) is 0 Å². The number of likely N-dealkylation sites (tertiary alicyclic amines) is 1. The minimum absolute atomic E-state index is 0.170. The lowest BCUT2D eigenvalue weighted by atomic mass is 10.1. The van der Waals surface area contributed by atoms with E-state index in [2.05, 4.69) is 4.72 Å². The number of nitrogens with zero attached hydrogens (tertiary/aromatic N) is 3. The van der Waals surface area contributed by atoms with Gasteiger partial charge in [-0.05, 0) is 30.5 Å². The van der Waals surface area contributed by atoms with Gasteiger partial charge >= 0.3 is 0 Å². The fourth-order valence-electron chi connectivity index (χ4n) is 4.71. The number of morpholine rings is 1. The minimum atomic E-state index is -3.77. The molecule has 0 aliphatic carbocycles. The van der Waals surface area contributed by atoms with Crippen molar-refractivity contribution in [2.24, 2.45) is 0 Å². The number of benzene rings is 1. The van der Waals surface area contributed by atoms with E-state index in [1.807, 2.05) is 30.3 Å². The molecular weight excluding hydrogens is 564 g/mol. The van der Waals surface area contributed by atoms with Gasteiger partial charge in [0.05, 0.1) is 29.7 Å². The first-order valence-electron chi connectivity index (χ1n) is 12.8. The van der Waals surface area contributed by atoms with Crippen molar-refractivity contribution in [3.05, 3.63) is 57.2 Å². The number of ether oxygens (including phenoxy) is 1. The lowest BCUT2D eigenvalue weighted by Crippen LogP contribution is -2.55. The molecule has 2 saturated heterocycles. The zero-order valence-corrected chi connectivity index (χ0v) is 24.1. The zero-order chi connectivity index (χ0) is 28.0. The summed E-state index contributed by atoms with van der Waals surface area (Å²) in [6, 6.07) is 11.0. The molecule has 0 saturated carbocycles. The number of thiophene rings is 1. The Balaban J connectivity index is 1.43. The highest BCUT2D eigenvalue weighted by Crippen LogP contribution is 2.23. The maximum Gasteiger partial charge on any atom is 0.246 e. The molecule has 1 N–H and O–H groups in total. The van der Waals surface area contributed by atoms with E-state index in [0.717, 1.165) is 10.4 Å². The van der Waals surface area contributed by atoms with Crippen molar-refractivity contribution in [2.75, 3.05) is 45.6 Å². The summed E-state index contributed by atoms with van der Waals surface area (Å²) in [4.78, 5) is 45.5. The van der Waals surface area contributed by atoms with E-state index in [4.69, 9.17) is 16.3 Å². The summed E-state index contributed by atoms with van der Waals surface area (Å²) in [5.41, 5.74) is 0.945. The Morgan fingerprint density at radius 3 is 2.54 bits per heavy atom. The zero-order valence-electron chi connectivity index (χ0n) is 21.8. The van der Waals surface area contributed by atoms with Crippen molar-refractivity contribution in [3.63, 3.8) is 0 Å². The van der Waals surface area contributed by atoms with Gasteiger partial charge in [0.1, 0.15) is 12.1 Å². The molecule has 4 rings (SSSR count). The molecule has 1 aromatic heterocycles. The van der Waals surface area contributed by atoms with Crippen LogP contribution in [0.4, 0.5) is 0 Å². The third-order valence-corrected chi connectivity index (χ3v) is 9.52. The van der Waals surface area contributed by atoms with E-state index in [1.165, 1.54) is 21.1 Å². The topological polar surface area (TPSA) is 116 Å². The van der Waals surface area contributed by atoms with E-state index in [1.54, 1.807) is 24.1 Å². The van der Waals surface area contributed by atoms with Gasteiger partial charge in [-0.1, -0.05) is 41.9 Å². The van der Waals surface area contributed by atoms with Gasteiger partial charge in [0, 0.05) is 38.1 Å². The number of carbonyl (C=O) groups is 3. The van der Waals surface area contributed by atoms with Crippen LogP contribution in [0.15, 0.2) is 42.5 Å². The molecule has 2 atom stereocenters. The van der Waals surface area contributed by atoms with Crippen molar-refractivity contribution in [2.45, 2.75) is 37.9 Å². The fourth-order valence-corrected chi connectivity index (χ4v) is 7.18. The van der Waals surface area contributed by atoms with E-state index in [0.29, 0.717) is 37.2 Å². The van der Waals surface area contributed by atoms with Crippen molar-refractivity contribution < 1.29 is 27.5 Å². The van der Waals surface area contributed by atoms with Gasteiger partial charge in [0.15, 0.2) is 0 Å². The Bertz CT molecular complexity index is 1270. The fraction of sp³-hybridized carbons (Fsp3) is 0.500. The van der Waals surface area contributed by atoms with Crippen LogP contribution < -0.4 is 4.72 Å². The largest absolute Gasteiger partial charge is 0.378 e. The monoisotopic (exact) mass is 596 g/mol. The number of carbonyl (C=O) groups excluding carboxylic acids is 3. The van der Waals surface area contributed by atoms with Gasteiger partial charge in [-0.15, -0.1) is 11.3 Å². The minimum Gasteiger partial charge on any atom is -0.378 e. The standard InChI is InChI=1S/C26H33ClN4O6S2/c1-29(18-19-5-3-2-4-6-19)24(32)17-22(26(34)30-12-14-37-15-13-30)31-11-9-21(25(31)33)28-39(35,36)16-10-20-7-8-23(27)38-20/h2-8,21-22,28H,9-18H2,1H3/t21-,22-/m0/s1. The highest BCUT2D eigenvalue weighted by molar-refractivity contribution is 7.89. The van der Waals surface area contributed by atoms with E-state index < -0.39 is 28.0 Å². The Morgan fingerprint density at radius 1 is 1.15 bits per heavy atom. The van der Waals surface area contributed by atoms with Gasteiger partial charge in [-0.25, -0.2) is 13.1 Å². The predicted molar refractivity (Wildman–Crippen MR) is 149 cm³/mol. The molecule has 3 amide bonds. The van der Waals surface area contributed by atoms with E-state index in [-0.39, 0.29) is 43.4 Å². The second kappa shape index (κ2) is 13.2. The number of amides is 3. The van der Waals surface area contributed by atoms with Crippen LogP contribution in [-0.4, -0.2) is 98.6 Å². The van der Waals surface area contributed by atoms with Crippen LogP contribution in [0.2, 0.25) is 4.34 Å². The normalized spacial score (nSPS) is 18.8. The van der Waals surface area contributed by atoms with Gasteiger partial charge < -0.3 is 19.4 Å². The average Bonchev–Trinajstić information content (AvgIpc) is 3.51. The number of halogens is 1. The number of sulfonamides is 1. The van der Waals surface area contributed by atoms with Crippen molar-refractivity contribution in [1.29, 1.82) is 0 Å². The number of hydrogen-bond donors (Lipinski definition) is 1. The van der Waals surface area contributed by atoms with Crippen LogP contribution in [0.25, 0.3) is 0 Å². The molecule has 13 heteroatoms. The Morgan fingerprint density at radius 2 is 1.87 bits per heavy atom. The van der Waals surface area contributed by atoms with Gasteiger partial charge in [-0.3, -0.25) is 14.4 Å². The molecule has 0 unspecified atom stereocenters. The smallest absolute Gasteiger partial charge is 0.246 e. The lowest BCUT2D eigenvalue weighted by Gasteiger charge is -2.35. The molecule has 10 nitrogen and oxygen atoms in total. The Kier molecular flexibility index (Phi) is 10.00. The summed E-state index contributed by atoms with van der Waals surface area (Å²) < 4.78 is 33.9. The van der Waals surface area contributed by atoms with Crippen molar-refractivity contribution >= 4 is 50.7 Å². The summed E-state index contributed by atoms with van der Waals surface area (Å²) in [5.74, 6) is -1.29. The first kappa shape index (κ1) is 29.5. The molecule has 2 fully saturated rings. The molecule has 0 spiro atoms. The lowest BCUT2D eigenvalue weighted by molar-refractivity contribution is -0.149. The van der Waals surface area contributed by atoms with Crippen LogP contribution in [0, 0.1) is 0 Å². The summed E-state index contributed by atoms with van der Waals surface area (Å²) >= 11 is 7.24. The second-order valence-corrected chi connectivity index (χ2v) is 13.3. The van der Waals surface area contributed by atoms with Crippen LogP contribution in [0.3, 0.4) is 0 Å². The van der Waals surface area contributed by atoms with Crippen LogP contribution >= 0.6 is 22.9 Å². The molecule has 2 aliphatic rings. The molecule has 0 bridgehead atoms. The average molecular weight is 597 g/mol. The summed E-state index contributed by atoms with van der Waals surface area (Å²) in [5, 5.41) is 0. The summed E-state index contributed by atoms with van der Waals surface area (Å²) in [6.45, 7) is 2.04. The maximum absolute atomic E-state index is 13.6. The predicted octanol–water partition coefficient (Wildman–Crippen LogP) is 1.74. The van der Waals surface area contributed by atoms with Gasteiger partial charge in [-0.2, -0.15) is 0 Å². The quantitative estimate of drug-likeness (QED) is 0.422. The Hall–Kier alpha value is -2.51. The van der Waals surface area contributed by atoms with Crippen LogP contribution in [0.1, 0.15) is 23.3 Å². The SMILES string of the molecule is CN(Cc1ccccc1)C(=O)C[C@@H](C(=O)N1CCOCC1)N1CC[C@H](NS(=O)(=O)CCc2ccc(Cl)s2)C1=O. The van der Waals surface area contributed by atoms with Crippen LogP contribution in [-0.2, 0) is 42.1 Å². The van der Waals surface area contributed by atoms with E-state index >= 15 is 0 Å². The molecule has 0 radical (unpaired) electrons. The molecule has 39 heavy (non-hydrogen) atoms. The van der Waals surface area contributed by atoms with Crippen molar-refractivity contribution in [3.8, 4) is 0 Å². The first-order valence-corrected chi connectivity index (χ1v) is 15.7. The summed E-state index contributed by atoms with van der Waals surface area (Å²) in [7, 11) is -2.11. The number of hydrogen-bond acceptors (Lipinski definition) is 7. The van der Waals surface area contributed by atoms with Crippen molar-refractivity contribution in [1.82, 2.24) is 19.4 Å². The highest BCUT2D eigenvalue weighted by Gasteiger charge is 2.43. The Labute approximate surface area is 237 Å². The third kappa shape index (κ3) is 8.01. The summed E-state index contributed by atoms with van der Waals surface area (Å²) in [6.07, 6.45) is 0.297. The molecule has 3 heterocycles. The molecular formula is C26H33ClN4O6S2.